The van der Waals surface area contributed by atoms with E-state index in [-0.39, 0.29) is 5.75 Å². The van der Waals surface area contributed by atoms with Gasteiger partial charge in [0.25, 0.3) is 0 Å². The van der Waals surface area contributed by atoms with E-state index in [0.717, 1.165) is 0 Å². The summed E-state index contributed by atoms with van der Waals surface area (Å²) in [7, 11) is 4.49. The minimum absolute atomic E-state index is 0.288. The highest BCUT2D eigenvalue weighted by Gasteiger charge is 2.14. The molecule has 0 aliphatic carbocycles. The van der Waals surface area contributed by atoms with Crippen molar-refractivity contribution >= 4 is 0 Å². The molecule has 0 bridgehead atoms. The lowest BCUT2D eigenvalue weighted by Gasteiger charge is -2.13. The van der Waals surface area contributed by atoms with Crippen LogP contribution in [0.5, 0.6) is 23.0 Å². The first-order chi connectivity index (χ1) is 7.26. The van der Waals surface area contributed by atoms with Gasteiger partial charge in [-0.3, -0.25) is 0 Å². The maximum atomic E-state index is 10.4. The summed E-state index contributed by atoms with van der Waals surface area (Å²) in [6, 6.07) is 3.24. The highest BCUT2D eigenvalue weighted by atomic mass is 16.6. The van der Waals surface area contributed by atoms with Crippen LogP contribution < -0.4 is 18.9 Å². The number of hydrogen-bond donors (Lipinski definition) is 0. The molecule has 0 atom stereocenters. The summed E-state index contributed by atoms with van der Waals surface area (Å²) in [5.41, 5.74) is 0. The average Bonchev–Trinajstić information content (AvgIpc) is 2.29. The first-order valence-electron chi connectivity index (χ1n) is 4.27. The number of ether oxygens (including phenoxy) is 4. The maximum Gasteiger partial charge on any atom is 0.221 e. The van der Waals surface area contributed by atoms with Crippen LogP contribution in [0.3, 0.4) is 0 Å². The Morgan fingerprint density at radius 2 is 1.53 bits per heavy atom. The Balaban J connectivity index is 3.19. The van der Waals surface area contributed by atoms with Gasteiger partial charge in [0, 0.05) is 12.1 Å². The Morgan fingerprint density at radius 3 is 1.87 bits per heavy atom. The molecule has 0 aliphatic heterocycles. The molecule has 1 aromatic carbocycles. The molecule has 0 saturated heterocycles. The van der Waals surface area contributed by atoms with Gasteiger partial charge in [-0.1, -0.05) is 0 Å². The van der Waals surface area contributed by atoms with Crippen LogP contribution in [-0.2, 0) is 5.11 Å². The summed E-state index contributed by atoms with van der Waals surface area (Å²) in [5, 5.41) is 10.4. The third-order valence-corrected chi connectivity index (χ3v) is 1.87. The minimum Gasteiger partial charge on any atom is -0.496 e. The van der Waals surface area contributed by atoms with Crippen molar-refractivity contribution in [2.75, 3.05) is 28.1 Å². The van der Waals surface area contributed by atoms with Gasteiger partial charge in [0.2, 0.25) is 12.5 Å². The number of rotatable bonds is 5. The number of hydrogen-bond acceptors (Lipinski definition) is 4. The molecule has 5 nitrogen and oxygen atoms in total. The molecule has 0 spiro atoms. The van der Waals surface area contributed by atoms with Crippen molar-refractivity contribution in [3.05, 3.63) is 12.1 Å². The van der Waals surface area contributed by atoms with Crippen LogP contribution in [-0.4, -0.2) is 28.1 Å². The number of methoxy groups -OCH3 is 3. The second-order valence-corrected chi connectivity index (χ2v) is 2.62. The Bertz CT molecular complexity index is 299. The van der Waals surface area contributed by atoms with Crippen LogP contribution in [0.2, 0.25) is 0 Å². The van der Waals surface area contributed by atoms with Crippen molar-refractivity contribution in [2.45, 2.75) is 0 Å². The van der Waals surface area contributed by atoms with E-state index < -0.39 is 6.79 Å². The molecule has 1 aromatic rings. The predicted molar refractivity (Wildman–Crippen MR) is 52.3 cm³/mol. The Kier molecular flexibility index (Phi) is 4.05. The van der Waals surface area contributed by atoms with Gasteiger partial charge in [0.05, 0.1) is 21.3 Å². The van der Waals surface area contributed by atoms with Gasteiger partial charge in [-0.05, 0) is 0 Å². The van der Waals surface area contributed by atoms with E-state index in [9.17, 15) is 5.11 Å². The lowest BCUT2D eigenvalue weighted by atomic mass is 10.2. The molecule has 1 radical (unpaired) electrons. The van der Waals surface area contributed by atoms with Crippen LogP contribution >= 0.6 is 0 Å². The molecule has 83 valence electrons. The second kappa shape index (κ2) is 5.31. The fourth-order valence-corrected chi connectivity index (χ4v) is 1.17. The third-order valence-electron chi connectivity index (χ3n) is 1.87. The molecular formula is C10H13O5. The number of benzene rings is 1. The Hall–Kier alpha value is -1.62. The molecule has 0 fully saturated rings. The summed E-state index contributed by atoms with van der Waals surface area (Å²) < 4.78 is 20.0. The summed E-state index contributed by atoms with van der Waals surface area (Å²) in [6.45, 7) is -0.695. The molecule has 0 aliphatic rings. The lowest BCUT2D eigenvalue weighted by molar-refractivity contribution is 0.0337. The third kappa shape index (κ3) is 2.44. The van der Waals surface area contributed by atoms with Gasteiger partial charge in [0.1, 0.15) is 5.75 Å². The van der Waals surface area contributed by atoms with Gasteiger partial charge >= 0.3 is 0 Å². The summed E-state index contributed by atoms with van der Waals surface area (Å²) >= 11 is 0. The van der Waals surface area contributed by atoms with Gasteiger partial charge in [0.15, 0.2) is 11.5 Å². The van der Waals surface area contributed by atoms with Crippen LogP contribution in [0.15, 0.2) is 12.1 Å². The molecule has 1 rings (SSSR count). The quantitative estimate of drug-likeness (QED) is 0.695. The molecule has 5 heteroatoms. The molecule has 0 aromatic heterocycles. The van der Waals surface area contributed by atoms with Crippen molar-refractivity contribution in [1.29, 1.82) is 0 Å². The van der Waals surface area contributed by atoms with Gasteiger partial charge in [-0.25, -0.2) is 0 Å². The highest BCUT2D eigenvalue weighted by molar-refractivity contribution is 5.55. The SMILES string of the molecule is COc1cc(OC)c(OC[O])c(OC)c1. The first kappa shape index (κ1) is 11.5. The zero-order valence-electron chi connectivity index (χ0n) is 8.90. The van der Waals surface area contributed by atoms with Crippen molar-refractivity contribution in [2.24, 2.45) is 0 Å². The molecule has 0 saturated carbocycles. The highest BCUT2D eigenvalue weighted by Crippen LogP contribution is 2.40. The Labute approximate surface area is 88.1 Å². The van der Waals surface area contributed by atoms with E-state index in [4.69, 9.17) is 18.9 Å². The summed E-state index contributed by atoms with van der Waals surface area (Å²) in [5.74, 6) is 1.67. The van der Waals surface area contributed by atoms with E-state index in [1.807, 2.05) is 0 Å². The van der Waals surface area contributed by atoms with Crippen molar-refractivity contribution in [3.8, 4) is 23.0 Å². The lowest BCUT2D eigenvalue weighted by Crippen LogP contribution is -2.00. The van der Waals surface area contributed by atoms with Crippen molar-refractivity contribution in [3.63, 3.8) is 0 Å². The second-order valence-electron chi connectivity index (χ2n) is 2.62. The summed E-state index contributed by atoms with van der Waals surface area (Å²) in [4.78, 5) is 0. The standard InChI is InChI=1S/C10H13O5/c1-12-7-4-8(13-2)10(15-6-11)9(5-7)14-3/h4-5H,6H2,1-3H3. The van der Waals surface area contributed by atoms with Crippen LogP contribution in [0, 0.1) is 0 Å². The molecule has 0 heterocycles. The fraction of sp³-hybridized carbons (Fsp3) is 0.400. The maximum absolute atomic E-state index is 10.4. The normalized spacial score (nSPS) is 9.60. The Morgan fingerprint density at radius 1 is 1.00 bits per heavy atom. The van der Waals surface area contributed by atoms with Gasteiger partial charge in [-0.15, -0.1) is 0 Å². The van der Waals surface area contributed by atoms with E-state index >= 15 is 0 Å². The van der Waals surface area contributed by atoms with Crippen LogP contribution in [0.25, 0.3) is 0 Å². The van der Waals surface area contributed by atoms with E-state index in [2.05, 4.69) is 0 Å². The smallest absolute Gasteiger partial charge is 0.221 e. The summed E-state index contributed by atoms with van der Waals surface area (Å²) in [6.07, 6.45) is 0. The van der Waals surface area contributed by atoms with Crippen LogP contribution in [0.4, 0.5) is 0 Å². The topological polar surface area (TPSA) is 56.8 Å². The van der Waals surface area contributed by atoms with Gasteiger partial charge in [-0.2, -0.15) is 5.11 Å². The monoisotopic (exact) mass is 213 g/mol. The molecule has 0 unspecified atom stereocenters. The van der Waals surface area contributed by atoms with E-state index in [1.165, 1.54) is 21.3 Å². The van der Waals surface area contributed by atoms with Crippen LogP contribution in [0.1, 0.15) is 0 Å². The predicted octanol–water partition coefficient (Wildman–Crippen LogP) is 1.48. The zero-order chi connectivity index (χ0) is 11.3. The first-order valence-corrected chi connectivity index (χ1v) is 4.27. The minimum atomic E-state index is -0.695. The average molecular weight is 213 g/mol. The zero-order valence-corrected chi connectivity index (χ0v) is 8.90. The van der Waals surface area contributed by atoms with E-state index in [1.54, 1.807) is 12.1 Å². The van der Waals surface area contributed by atoms with Crippen molar-refractivity contribution < 1.29 is 24.1 Å². The largest absolute Gasteiger partial charge is 0.496 e. The molecule has 0 amide bonds. The van der Waals surface area contributed by atoms with E-state index in [0.29, 0.717) is 17.2 Å². The fourth-order valence-electron chi connectivity index (χ4n) is 1.17. The molecule has 0 N–H and O–H groups in total. The molecule has 15 heavy (non-hydrogen) atoms. The molecular weight excluding hydrogens is 200 g/mol. The van der Waals surface area contributed by atoms with Gasteiger partial charge < -0.3 is 18.9 Å². The van der Waals surface area contributed by atoms with Crippen molar-refractivity contribution in [1.82, 2.24) is 0 Å².